The third-order valence-electron chi connectivity index (χ3n) is 4.45. The van der Waals surface area contributed by atoms with Crippen molar-refractivity contribution in [1.82, 2.24) is 15.3 Å². The number of fused-ring (bicyclic) bond motifs is 3. The number of aromatic amines is 1. The van der Waals surface area contributed by atoms with E-state index in [1.165, 1.54) is 0 Å². The van der Waals surface area contributed by atoms with Gasteiger partial charge in [0.1, 0.15) is 5.69 Å². The molecule has 6 heteroatoms. The average Bonchev–Trinajstić information content (AvgIpc) is 3.06. The molecule has 136 valence electrons. The van der Waals surface area contributed by atoms with Crippen molar-refractivity contribution in [3.05, 3.63) is 64.8 Å². The van der Waals surface area contributed by atoms with Gasteiger partial charge >= 0.3 is 0 Å². The fourth-order valence-electron chi connectivity index (χ4n) is 3.18. The summed E-state index contributed by atoms with van der Waals surface area (Å²) in [5.74, 6) is -0.244. The first-order chi connectivity index (χ1) is 13.2. The molecule has 0 spiro atoms. The smallest absolute Gasteiger partial charge is 0.269 e. The van der Waals surface area contributed by atoms with Gasteiger partial charge in [-0.2, -0.15) is 0 Å². The highest BCUT2D eigenvalue weighted by atomic mass is 79.9. The number of aliphatic hydroxyl groups excluding tert-OH is 1. The van der Waals surface area contributed by atoms with Crippen LogP contribution >= 0.6 is 15.9 Å². The van der Waals surface area contributed by atoms with Crippen molar-refractivity contribution in [2.24, 2.45) is 0 Å². The van der Waals surface area contributed by atoms with Crippen LogP contribution in [0.3, 0.4) is 0 Å². The zero-order valence-electron chi connectivity index (χ0n) is 14.5. The largest absolute Gasteiger partial charge is 0.396 e. The fourth-order valence-corrected chi connectivity index (χ4v) is 3.58. The lowest BCUT2D eigenvalue weighted by Crippen LogP contribution is -2.26. The third kappa shape index (κ3) is 3.46. The number of amides is 1. The molecule has 0 saturated carbocycles. The number of rotatable bonds is 5. The van der Waals surface area contributed by atoms with Crippen LogP contribution in [-0.2, 0) is 0 Å². The number of nitrogens with one attached hydrogen (secondary N) is 2. The lowest BCUT2D eigenvalue weighted by Gasteiger charge is -2.08. The Morgan fingerprint density at radius 3 is 2.78 bits per heavy atom. The first kappa shape index (κ1) is 17.7. The van der Waals surface area contributed by atoms with Crippen molar-refractivity contribution < 1.29 is 9.90 Å². The zero-order chi connectivity index (χ0) is 18.8. The van der Waals surface area contributed by atoms with Crippen molar-refractivity contribution >= 4 is 43.6 Å². The van der Waals surface area contributed by atoms with Crippen LogP contribution in [0.5, 0.6) is 0 Å². The molecule has 0 aliphatic heterocycles. The molecule has 2 aromatic heterocycles. The van der Waals surface area contributed by atoms with Gasteiger partial charge < -0.3 is 15.4 Å². The Morgan fingerprint density at radius 1 is 1.11 bits per heavy atom. The van der Waals surface area contributed by atoms with E-state index in [1.807, 2.05) is 54.6 Å². The third-order valence-corrected chi connectivity index (χ3v) is 4.94. The van der Waals surface area contributed by atoms with Crippen LogP contribution in [0.25, 0.3) is 33.1 Å². The van der Waals surface area contributed by atoms with Crippen LogP contribution in [0.1, 0.15) is 16.9 Å². The highest BCUT2D eigenvalue weighted by molar-refractivity contribution is 9.10. The Kier molecular flexibility index (Phi) is 4.92. The molecule has 3 N–H and O–H groups in total. The van der Waals surface area contributed by atoms with Crippen LogP contribution in [0.15, 0.2) is 59.1 Å². The Labute approximate surface area is 164 Å². The molecular weight excluding hydrogens is 406 g/mol. The summed E-state index contributed by atoms with van der Waals surface area (Å²) < 4.78 is 0.948. The van der Waals surface area contributed by atoms with E-state index in [2.05, 4.69) is 31.2 Å². The Balaban J connectivity index is 1.92. The quantitative estimate of drug-likeness (QED) is 0.419. The number of para-hydroxylation sites is 1. The molecule has 0 aliphatic rings. The highest BCUT2D eigenvalue weighted by Crippen LogP contribution is 2.33. The van der Waals surface area contributed by atoms with Gasteiger partial charge in [0.05, 0.1) is 11.2 Å². The van der Waals surface area contributed by atoms with E-state index >= 15 is 0 Å². The van der Waals surface area contributed by atoms with Crippen LogP contribution in [0, 0.1) is 0 Å². The summed E-state index contributed by atoms with van der Waals surface area (Å²) in [5, 5.41) is 13.8. The molecule has 1 amide bonds. The van der Waals surface area contributed by atoms with E-state index < -0.39 is 0 Å². The van der Waals surface area contributed by atoms with Crippen molar-refractivity contribution in [3.8, 4) is 11.3 Å². The highest BCUT2D eigenvalue weighted by Gasteiger charge is 2.17. The second-order valence-corrected chi connectivity index (χ2v) is 7.21. The maximum atomic E-state index is 12.6. The SMILES string of the molecule is O=C(NCCCO)c1cc2c([nH]c3ccccc32)c(-c2cccc(Br)c2)n1. The topological polar surface area (TPSA) is 78.0 Å². The molecule has 2 aromatic carbocycles. The van der Waals surface area contributed by atoms with Gasteiger partial charge in [-0.3, -0.25) is 4.79 Å². The normalized spacial score (nSPS) is 11.2. The predicted molar refractivity (Wildman–Crippen MR) is 111 cm³/mol. The summed E-state index contributed by atoms with van der Waals surface area (Å²) in [6.07, 6.45) is 0.513. The number of aliphatic hydroxyl groups is 1. The van der Waals surface area contributed by atoms with Gasteiger partial charge in [0.25, 0.3) is 5.91 Å². The molecule has 4 rings (SSSR count). The summed E-state index contributed by atoms with van der Waals surface area (Å²) in [5.41, 5.74) is 3.92. The molecule has 0 aliphatic carbocycles. The molecule has 5 nitrogen and oxygen atoms in total. The zero-order valence-corrected chi connectivity index (χ0v) is 16.1. The number of aromatic nitrogens is 2. The van der Waals surface area contributed by atoms with Crippen LogP contribution in [-0.4, -0.2) is 34.1 Å². The number of nitrogens with zero attached hydrogens (tertiary/aromatic N) is 1. The first-order valence-electron chi connectivity index (χ1n) is 8.74. The summed E-state index contributed by atoms with van der Waals surface area (Å²) in [7, 11) is 0. The molecule has 2 heterocycles. The summed E-state index contributed by atoms with van der Waals surface area (Å²) in [6.45, 7) is 0.452. The fraction of sp³-hybridized carbons (Fsp3) is 0.143. The number of halogens is 1. The van der Waals surface area contributed by atoms with E-state index in [0.29, 0.717) is 18.7 Å². The standard InChI is InChI=1S/C21H18BrN3O2/c22-14-6-3-5-13(11-14)19-20-16(15-7-1-2-8-17(15)24-20)12-18(25-19)21(27)23-9-4-10-26/h1-3,5-8,11-12,24,26H,4,9-10H2,(H,23,27). The van der Waals surface area contributed by atoms with Crippen molar-refractivity contribution in [2.75, 3.05) is 13.2 Å². The number of benzene rings is 2. The van der Waals surface area contributed by atoms with E-state index in [0.717, 1.165) is 37.5 Å². The van der Waals surface area contributed by atoms with E-state index in [9.17, 15) is 4.79 Å². The van der Waals surface area contributed by atoms with Crippen LogP contribution in [0.2, 0.25) is 0 Å². The van der Waals surface area contributed by atoms with E-state index in [-0.39, 0.29) is 12.5 Å². The predicted octanol–water partition coefficient (Wildman–Crippen LogP) is 4.26. The number of hydrogen-bond donors (Lipinski definition) is 3. The molecule has 0 saturated heterocycles. The number of H-pyrrole nitrogens is 1. The van der Waals surface area contributed by atoms with Crippen molar-refractivity contribution in [1.29, 1.82) is 0 Å². The Bertz CT molecular complexity index is 1140. The monoisotopic (exact) mass is 423 g/mol. The van der Waals surface area contributed by atoms with Gasteiger partial charge in [0, 0.05) is 39.5 Å². The number of hydrogen-bond acceptors (Lipinski definition) is 3. The van der Waals surface area contributed by atoms with Gasteiger partial charge in [-0.25, -0.2) is 4.98 Å². The number of pyridine rings is 1. The lowest BCUT2D eigenvalue weighted by molar-refractivity contribution is 0.0946. The second kappa shape index (κ2) is 7.50. The van der Waals surface area contributed by atoms with Crippen molar-refractivity contribution in [3.63, 3.8) is 0 Å². The van der Waals surface area contributed by atoms with E-state index in [1.54, 1.807) is 0 Å². The maximum absolute atomic E-state index is 12.6. The average molecular weight is 424 g/mol. The molecular formula is C21H18BrN3O2. The molecule has 27 heavy (non-hydrogen) atoms. The molecule has 0 fully saturated rings. The van der Waals surface area contributed by atoms with Crippen molar-refractivity contribution in [2.45, 2.75) is 6.42 Å². The molecule has 0 bridgehead atoms. The number of carbonyl (C=O) groups excluding carboxylic acids is 1. The Hall–Kier alpha value is -2.70. The molecule has 0 unspecified atom stereocenters. The number of carbonyl (C=O) groups is 1. The minimum absolute atomic E-state index is 0.0402. The maximum Gasteiger partial charge on any atom is 0.269 e. The van der Waals surface area contributed by atoms with Gasteiger partial charge in [-0.1, -0.05) is 46.3 Å². The van der Waals surface area contributed by atoms with Gasteiger partial charge in [-0.15, -0.1) is 0 Å². The minimum Gasteiger partial charge on any atom is -0.396 e. The summed E-state index contributed by atoms with van der Waals surface area (Å²) in [4.78, 5) is 20.7. The minimum atomic E-state index is -0.244. The first-order valence-corrected chi connectivity index (χ1v) is 9.53. The van der Waals surface area contributed by atoms with Gasteiger partial charge in [0.15, 0.2) is 0 Å². The summed E-state index contributed by atoms with van der Waals surface area (Å²) >= 11 is 3.51. The van der Waals surface area contributed by atoms with Gasteiger partial charge in [-0.05, 0) is 30.7 Å². The lowest BCUT2D eigenvalue weighted by atomic mass is 10.1. The van der Waals surface area contributed by atoms with Crippen LogP contribution in [0.4, 0.5) is 0 Å². The Morgan fingerprint density at radius 2 is 1.96 bits per heavy atom. The van der Waals surface area contributed by atoms with Crippen LogP contribution < -0.4 is 5.32 Å². The second-order valence-electron chi connectivity index (χ2n) is 6.29. The molecule has 0 radical (unpaired) electrons. The van der Waals surface area contributed by atoms with E-state index in [4.69, 9.17) is 5.11 Å². The molecule has 0 atom stereocenters. The molecule has 4 aromatic rings. The van der Waals surface area contributed by atoms with Gasteiger partial charge in [0.2, 0.25) is 0 Å². The summed E-state index contributed by atoms with van der Waals surface area (Å²) in [6, 6.07) is 17.7.